The highest BCUT2D eigenvalue weighted by Crippen LogP contribution is 2.40. The fraction of sp³-hybridized carbons (Fsp3) is 0.500. The zero-order valence-corrected chi connectivity index (χ0v) is 19.1. The van der Waals surface area contributed by atoms with E-state index < -0.39 is 5.91 Å². The van der Waals surface area contributed by atoms with Gasteiger partial charge in [-0.05, 0) is 62.7 Å². The first-order chi connectivity index (χ1) is 15.2. The molecule has 168 valence electrons. The number of nitriles is 1. The number of carbonyl (C=O) groups is 1. The molecular weight excluding hydrogens is 404 g/mol. The van der Waals surface area contributed by atoms with Crippen LogP contribution in [0.2, 0.25) is 0 Å². The number of aromatic amines is 1. The summed E-state index contributed by atoms with van der Waals surface area (Å²) in [6.07, 6.45) is 7.39. The summed E-state index contributed by atoms with van der Waals surface area (Å²) in [4.78, 5) is 30.2. The van der Waals surface area contributed by atoms with Crippen molar-refractivity contribution in [3.63, 3.8) is 0 Å². The van der Waals surface area contributed by atoms with Crippen molar-refractivity contribution in [3.05, 3.63) is 47.3 Å². The SMILES string of the molecule is CC1(C)CC=C(c2nc([C@@H]3CNOC(C)(C)C3)ccc2NC(=O)c2ncc(C#N)[nH]2)CC1. The maximum atomic E-state index is 12.8. The van der Waals surface area contributed by atoms with Crippen LogP contribution in [0.4, 0.5) is 5.69 Å². The Balaban J connectivity index is 1.66. The van der Waals surface area contributed by atoms with Crippen LogP contribution in [0.3, 0.4) is 0 Å². The van der Waals surface area contributed by atoms with E-state index in [9.17, 15) is 4.79 Å². The molecule has 1 fully saturated rings. The summed E-state index contributed by atoms with van der Waals surface area (Å²) in [7, 11) is 0. The van der Waals surface area contributed by atoms with Crippen molar-refractivity contribution in [2.45, 2.75) is 64.9 Å². The topological polar surface area (TPSA) is 116 Å². The molecule has 2 aromatic heterocycles. The molecule has 0 bridgehead atoms. The Labute approximate surface area is 188 Å². The Hall–Kier alpha value is -3.02. The molecule has 32 heavy (non-hydrogen) atoms. The van der Waals surface area contributed by atoms with Crippen LogP contribution >= 0.6 is 0 Å². The lowest BCUT2D eigenvalue weighted by Gasteiger charge is -2.35. The van der Waals surface area contributed by atoms with E-state index in [0.29, 0.717) is 12.2 Å². The lowest BCUT2D eigenvalue weighted by molar-refractivity contribution is -0.120. The average Bonchev–Trinajstić information content (AvgIpc) is 3.23. The van der Waals surface area contributed by atoms with Crippen LogP contribution in [0.5, 0.6) is 0 Å². The first kappa shape index (κ1) is 22.2. The summed E-state index contributed by atoms with van der Waals surface area (Å²) in [6.45, 7) is 9.36. The number of hydrogen-bond acceptors (Lipinski definition) is 6. The van der Waals surface area contributed by atoms with Crippen LogP contribution in [-0.2, 0) is 4.84 Å². The second kappa shape index (κ2) is 8.49. The van der Waals surface area contributed by atoms with Crippen molar-refractivity contribution in [3.8, 4) is 6.07 Å². The number of aromatic nitrogens is 3. The minimum atomic E-state index is -0.395. The highest BCUT2D eigenvalue weighted by atomic mass is 16.7. The number of allylic oxidation sites excluding steroid dienone is 2. The summed E-state index contributed by atoms with van der Waals surface area (Å²) in [5.74, 6) is -0.0789. The minimum Gasteiger partial charge on any atom is -0.326 e. The Morgan fingerprint density at radius 1 is 1.31 bits per heavy atom. The molecule has 0 saturated carbocycles. The number of amides is 1. The molecule has 1 saturated heterocycles. The highest BCUT2D eigenvalue weighted by Gasteiger charge is 2.32. The van der Waals surface area contributed by atoms with E-state index in [4.69, 9.17) is 15.1 Å². The first-order valence-electron chi connectivity index (χ1n) is 11.0. The normalized spacial score (nSPS) is 22.0. The first-order valence-corrected chi connectivity index (χ1v) is 11.0. The van der Waals surface area contributed by atoms with Gasteiger partial charge in [-0.1, -0.05) is 19.9 Å². The lowest BCUT2D eigenvalue weighted by atomic mass is 9.77. The van der Waals surface area contributed by atoms with Gasteiger partial charge in [-0.3, -0.25) is 14.6 Å². The van der Waals surface area contributed by atoms with E-state index in [0.717, 1.165) is 42.6 Å². The fourth-order valence-electron chi connectivity index (χ4n) is 4.27. The molecule has 3 N–H and O–H groups in total. The highest BCUT2D eigenvalue weighted by molar-refractivity contribution is 6.03. The third kappa shape index (κ3) is 4.90. The van der Waals surface area contributed by atoms with Crippen molar-refractivity contribution in [1.29, 1.82) is 5.26 Å². The van der Waals surface area contributed by atoms with Crippen LogP contribution in [0.25, 0.3) is 5.57 Å². The van der Waals surface area contributed by atoms with Gasteiger partial charge in [0.25, 0.3) is 5.91 Å². The van der Waals surface area contributed by atoms with Crippen molar-refractivity contribution >= 4 is 17.2 Å². The third-order valence-electron chi connectivity index (χ3n) is 6.19. The number of H-pyrrole nitrogens is 1. The Kier molecular flexibility index (Phi) is 5.89. The molecule has 8 nitrogen and oxygen atoms in total. The monoisotopic (exact) mass is 434 g/mol. The smallest absolute Gasteiger partial charge is 0.291 e. The van der Waals surface area contributed by atoms with E-state index in [1.165, 1.54) is 6.20 Å². The number of carbonyl (C=O) groups excluding carboxylic acids is 1. The molecule has 3 heterocycles. The van der Waals surface area contributed by atoms with Gasteiger partial charge in [0.15, 0.2) is 5.82 Å². The molecule has 1 aliphatic carbocycles. The van der Waals surface area contributed by atoms with Crippen molar-refractivity contribution in [2.24, 2.45) is 5.41 Å². The van der Waals surface area contributed by atoms with E-state index in [-0.39, 0.29) is 28.5 Å². The van der Waals surface area contributed by atoms with E-state index in [1.54, 1.807) is 0 Å². The van der Waals surface area contributed by atoms with Gasteiger partial charge in [0.1, 0.15) is 11.8 Å². The van der Waals surface area contributed by atoms with Crippen LogP contribution < -0.4 is 10.8 Å². The summed E-state index contributed by atoms with van der Waals surface area (Å²) in [5, 5.41) is 11.9. The number of pyridine rings is 1. The summed E-state index contributed by atoms with van der Waals surface area (Å²) >= 11 is 0. The van der Waals surface area contributed by atoms with Crippen LogP contribution in [0.1, 0.15) is 87.0 Å². The number of rotatable bonds is 4. The number of nitrogens with zero attached hydrogens (tertiary/aromatic N) is 3. The van der Waals surface area contributed by atoms with E-state index in [2.05, 4.69) is 54.5 Å². The summed E-state index contributed by atoms with van der Waals surface area (Å²) < 4.78 is 0. The van der Waals surface area contributed by atoms with E-state index >= 15 is 0 Å². The largest absolute Gasteiger partial charge is 0.326 e. The third-order valence-corrected chi connectivity index (χ3v) is 6.19. The summed E-state index contributed by atoms with van der Waals surface area (Å²) in [6, 6.07) is 5.85. The molecule has 4 rings (SSSR count). The van der Waals surface area contributed by atoms with Gasteiger partial charge >= 0.3 is 0 Å². The molecule has 2 aromatic rings. The summed E-state index contributed by atoms with van der Waals surface area (Å²) in [5.41, 5.74) is 6.88. The van der Waals surface area contributed by atoms with Gasteiger partial charge in [-0.15, -0.1) is 0 Å². The fourth-order valence-corrected chi connectivity index (χ4v) is 4.27. The zero-order chi connectivity index (χ0) is 22.9. The molecule has 2 aliphatic rings. The zero-order valence-electron chi connectivity index (χ0n) is 19.1. The van der Waals surface area contributed by atoms with Crippen molar-refractivity contribution in [1.82, 2.24) is 20.4 Å². The van der Waals surface area contributed by atoms with Gasteiger partial charge in [-0.2, -0.15) is 5.26 Å². The van der Waals surface area contributed by atoms with Crippen molar-refractivity contribution in [2.75, 3.05) is 11.9 Å². The lowest BCUT2D eigenvalue weighted by Crippen LogP contribution is -2.42. The van der Waals surface area contributed by atoms with Crippen LogP contribution in [-0.4, -0.2) is 33.0 Å². The van der Waals surface area contributed by atoms with Gasteiger partial charge in [-0.25, -0.2) is 10.5 Å². The average molecular weight is 435 g/mol. The number of nitrogens with one attached hydrogen (secondary N) is 3. The number of hydrogen-bond donors (Lipinski definition) is 3. The van der Waals surface area contributed by atoms with Gasteiger partial charge in [0.2, 0.25) is 0 Å². The van der Waals surface area contributed by atoms with E-state index in [1.807, 2.05) is 18.2 Å². The Morgan fingerprint density at radius 2 is 2.12 bits per heavy atom. The molecule has 0 radical (unpaired) electrons. The molecule has 8 heteroatoms. The predicted molar refractivity (Wildman–Crippen MR) is 122 cm³/mol. The molecule has 1 atom stereocenters. The van der Waals surface area contributed by atoms with Crippen LogP contribution in [0, 0.1) is 16.7 Å². The molecule has 1 amide bonds. The number of anilines is 1. The minimum absolute atomic E-state index is 0.103. The molecule has 0 unspecified atom stereocenters. The van der Waals surface area contributed by atoms with Gasteiger partial charge in [0, 0.05) is 18.2 Å². The Bertz CT molecular complexity index is 1090. The second-order valence-electron chi connectivity index (χ2n) is 10.1. The number of imidazole rings is 1. The second-order valence-corrected chi connectivity index (χ2v) is 10.1. The van der Waals surface area contributed by atoms with Crippen molar-refractivity contribution < 1.29 is 9.63 Å². The molecule has 0 spiro atoms. The maximum absolute atomic E-state index is 12.8. The Morgan fingerprint density at radius 3 is 2.78 bits per heavy atom. The molecule has 0 aromatic carbocycles. The number of hydroxylamine groups is 1. The standard InChI is InChI=1S/C24H30N6O2/c1-23(2)9-7-15(8-10-23)20-19(30-22(31)21-26-14-17(12-25)28-21)6-5-18(29-20)16-11-24(3,4)32-27-13-16/h5-7,14,16,27H,8-11,13H2,1-4H3,(H,26,28)(H,30,31)/t16-/m0/s1. The molecule has 1 aliphatic heterocycles. The maximum Gasteiger partial charge on any atom is 0.291 e. The van der Waals surface area contributed by atoms with Gasteiger partial charge < -0.3 is 10.3 Å². The quantitative estimate of drug-likeness (QED) is 0.660. The molecular formula is C24H30N6O2. The van der Waals surface area contributed by atoms with Crippen LogP contribution in [0.15, 0.2) is 24.4 Å². The predicted octanol–water partition coefficient (Wildman–Crippen LogP) is 4.31. The van der Waals surface area contributed by atoms with Gasteiger partial charge in [0.05, 0.1) is 23.2 Å².